The average Bonchev–Trinajstić information content (AvgIpc) is 2.46. The molecule has 20 heavy (non-hydrogen) atoms. The van der Waals surface area contributed by atoms with Gasteiger partial charge in [0.1, 0.15) is 6.04 Å². The van der Waals surface area contributed by atoms with Crippen molar-refractivity contribution in [3.63, 3.8) is 0 Å². The molecule has 1 aliphatic carbocycles. The van der Waals surface area contributed by atoms with E-state index in [-0.39, 0.29) is 0 Å². The molecule has 3 atom stereocenters. The normalized spacial score (nSPS) is 29.9. The first-order chi connectivity index (χ1) is 9.66. The van der Waals surface area contributed by atoms with Gasteiger partial charge in [-0.2, -0.15) is 0 Å². The number of carboxylic acids is 1. The van der Waals surface area contributed by atoms with E-state index in [1.54, 1.807) is 6.20 Å². The Kier molecular flexibility index (Phi) is 3.59. The van der Waals surface area contributed by atoms with Crippen LogP contribution < -0.4 is 4.90 Å². The minimum atomic E-state index is -0.751. The lowest BCUT2D eigenvalue weighted by atomic mass is 9.76. The molecule has 5 nitrogen and oxygen atoms in total. The Morgan fingerprint density at radius 2 is 2.10 bits per heavy atom. The Labute approximate surface area is 119 Å². The van der Waals surface area contributed by atoms with E-state index >= 15 is 0 Å². The van der Waals surface area contributed by atoms with Crippen molar-refractivity contribution in [2.24, 2.45) is 5.92 Å². The minimum absolute atomic E-state index is 0.292. The maximum atomic E-state index is 11.6. The van der Waals surface area contributed by atoms with Gasteiger partial charge >= 0.3 is 5.97 Å². The Morgan fingerprint density at radius 3 is 2.85 bits per heavy atom. The van der Waals surface area contributed by atoms with E-state index in [9.17, 15) is 9.90 Å². The summed E-state index contributed by atoms with van der Waals surface area (Å²) in [4.78, 5) is 22.4. The Bertz CT molecular complexity index is 506. The van der Waals surface area contributed by atoms with E-state index < -0.39 is 12.0 Å². The highest BCUT2D eigenvalue weighted by atomic mass is 16.4. The van der Waals surface area contributed by atoms with Crippen LogP contribution in [0, 0.1) is 12.8 Å². The fourth-order valence-electron chi connectivity index (χ4n) is 3.72. The highest BCUT2D eigenvalue weighted by molar-refractivity contribution is 5.77. The van der Waals surface area contributed by atoms with Crippen LogP contribution in [0.1, 0.15) is 44.2 Å². The minimum Gasteiger partial charge on any atom is -0.480 e. The Hall–Kier alpha value is -1.65. The number of carboxylic acid groups (broad SMARTS) is 1. The number of rotatable bonds is 2. The number of piperidine rings is 1. The SMILES string of the molecule is Cc1ccnc(N2C(C(=O)O)CCC3CCCCC32)n1. The molecule has 108 valence electrons. The number of fused-ring (bicyclic) bond motifs is 1. The fraction of sp³-hybridized carbons (Fsp3) is 0.667. The van der Waals surface area contributed by atoms with Gasteiger partial charge in [-0.3, -0.25) is 0 Å². The molecule has 0 aromatic carbocycles. The van der Waals surface area contributed by atoms with E-state index in [4.69, 9.17) is 0 Å². The topological polar surface area (TPSA) is 66.3 Å². The van der Waals surface area contributed by atoms with Crippen molar-refractivity contribution in [1.29, 1.82) is 0 Å². The molecule has 3 unspecified atom stereocenters. The first kappa shape index (κ1) is 13.3. The highest BCUT2D eigenvalue weighted by Gasteiger charge is 2.42. The van der Waals surface area contributed by atoms with Gasteiger partial charge in [0, 0.05) is 17.9 Å². The van der Waals surface area contributed by atoms with Gasteiger partial charge in [0.05, 0.1) is 0 Å². The monoisotopic (exact) mass is 275 g/mol. The summed E-state index contributed by atoms with van der Waals surface area (Å²) in [5.74, 6) is 0.441. The maximum Gasteiger partial charge on any atom is 0.326 e. The zero-order valence-corrected chi connectivity index (χ0v) is 11.8. The second-order valence-corrected chi connectivity index (χ2v) is 5.95. The van der Waals surface area contributed by atoms with Crippen molar-refractivity contribution in [2.45, 2.75) is 57.5 Å². The van der Waals surface area contributed by atoms with E-state index in [0.717, 1.165) is 18.5 Å². The molecule has 0 spiro atoms. The molecule has 1 aliphatic heterocycles. The number of aryl methyl sites for hydroxylation is 1. The molecule has 5 heteroatoms. The van der Waals surface area contributed by atoms with Crippen LogP contribution in [-0.2, 0) is 4.79 Å². The van der Waals surface area contributed by atoms with Crippen LogP contribution in [0.25, 0.3) is 0 Å². The van der Waals surface area contributed by atoms with Crippen molar-refractivity contribution in [1.82, 2.24) is 9.97 Å². The molecular weight excluding hydrogens is 254 g/mol. The van der Waals surface area contributed by atoms with Gasteiger partial charge in [0.15, 0.2) is 0 Å². The van der Waals surface area contributed by atoms with Crippen molar-refractivity contribution < 1.29 is 9.90 Å². The van der Waals surface area contributed by atoms with Crippen molar-refractivity contribution in [3.05, 3.63) is 18.0 Å². The Balaban J connectivity index is 1.97. The third kappa shape index (κ3) is 2.37. The number of anilines is 1. The highest BCUT2D eigenvalue weighted by Crippen LogP contribution is 2.39. The summed E-state index contributed by atoms with van der Waals surface area (Å²) in [7, 11) is 0. The molecule has 2 aliphatic rings. The van der Waals surface area contributed by atoms with Gasteiger partial charge in [0.25, 0.3) is 0 Å². The van der Waals surface area contributed by atoms with Crippen LogP contribution in [0.2, 0.25) is 0 Å². The third-order valence-corrected chi connectivity index (χ3v) is 4.67. The molecule has 2 heterocycles. The van der Waals surface area contributed by atoms with Gasteiger partial charge in [0.2, 0.25) is 5.95 Å². The molecular formula is C15H21N3O2. The first-order valence-electron chi connectivity index (χ1n) is 7.47. The van der Waals surface area contributed by atoms with E-state index in [0.29, 0.717) is 24.3 Å². The average molecular weight is 275 g/mol. The molecule has 1 N–H and O–H groups in total. The number of hydrogen-bond donors (Lipinski definition) is 1. The van der Waals surface area contributed by atoms with Crippen LogP contribution in [0.5, 0.6) is 0 Å². The molecule has 1 aromatic rings. The van der Waals surface area contributed by atoms with Crippen molar-refractivity contribution >= 4 is 11.9 Å². The third-order valence-electron chi connectivity index (χ3n) is 4.67. The molecule has 0 amide bonds. The summed E-state index contributed by atoms with van der Waals surface area (Å²) in [6.45, 7) is 1.92. The summed E-state index contributed by atoms with van der Waals surface area (Å²) >= 11 is 0. The molecule has 1 saturated heterocycles. The summed E-state index contributed by atoms with van der Waals surface area (Å²) in [5.41, 5.74) is 0.886. The standard InChI is InChI=1S/C15H21N3O2/c1-10-8-9-16-15(17-10)18-12-5-3-2-4-11(12)6-7-13(18)14(19)20/h8-9,11-13H,2-7H2,1H3,(H,19,20). The smallest absolute Gasteiger partial charge is 0.326 e. The quantitative estimate of drug-likeness (QED) is 0.897. The second kappa shape index (κ2) is 5.38. The van der Waals surface area contributed by atoms with Crippen molar-refractivity contribution in [3.8, 4) is 0 Å². The lowest BCUT2D eigenvalue weighted by Gasteiger charge is -2.47. The predicted octanol–water partition coefficient (Wildman–Crippen LogP) is 2.40. The maximum absolute atomic E-state index is 11.6. The van der Waals surface area contributed by atoms with Gasteiger partial charge < -0.3 is 10.0 Å². The van der Waals surface area contributed by atoms with Crippen LogP contribution >= 0.6 is 0 Å². The number of carbonyl (C=O) groups is 1. The van der Waals surface area contributed by atoms with Crippen LogP contribution in [0.3, 0.4) is 0 Å². The van der Waals surface area contributed by atoms with Gasteiger partial charge in [-0.05, 0) is 44.6 Å². The first-order valence-corrected chi connectivity index (χ1v) is 7.47. The van der Waals surface area contributed by atoms with Crippen molar-refractivity contribution in [2.75, 3.05) is 4.90 Å². The number of hydrogen-bond acceptors (Lipinski definition) is 4. The molecule has 1 saturated carbocycles. The lowest BCUT2D eigenvalue weighted by molar-refractivity contribution is -0.139. The van der Waals surface area contributed by atoms with E-state index in [1.165, 1.54) is 19.3 Å². The number of nitrogens with zero attached hydrogens (tertiary/aromatic N) is 3. The van der Waals surface area contributed by atoms with Crippen LogP contribution in [0.4, 0.5) is 5.95 Å². The zero-order valence-electron chi connectivity index (χ0n) is 11.8. The summed E-state index contributed by atoms with van der Waals surface area (Å²) in [6.07, 6.45) is 8.16. The summed E-state index contributed by atoms with van der Waals surface area (Å²) in [6, 6.07) is 1.67. The molecule has 3 rings (SSSR count). The largest absolute Gasteiger partial charge is 0.480 e. The Morgan fingerprint density at radius 1 is 1.30 bits per heavy atom. The van der Waals surface area contributed by atoms with Crippen LogP contribution in [-0.4, -0.2) is 33.1 Å². The van der Waals surface area contributed by atoms with Crippen LogP contribution in [0.15, 0.2) is 12.3 Å². The predicted molar refractivity (Wildman–Crippen MR) is 75.7 cm³/mol. The number of aromatic nitrogens is 2. The van der Waals surface area contributed by atoms with E-state index in [1.807, 2.05) is 17.9 Å². The molecule has 0 radical (unpaired) electrons. The molecule has 2 fully saturated rings. The number of aliphatic carboxylic acids is 1. The second-order valence-electron chi connectivity index (χ2n) is 5.95. The molecule has 0 bridgehead atoms. The van der Waals surface area contributed by atoms with E-state index in [2.05, 4.69) is 9.97 Å². The lowest BCUT2D eigenvalue weighted by Crippen LogP contribution is -2.56. The zero-order chi connectivity index (χ0) is 14.1. The summed E-state index contributed by atoms with van der Waals surface area (Å²) < 4.78 is 0. The van der Waals surface area contributed by atoms with Gasteiger partial charge in [-0.25, -0.2) is 14.8 Å². The van der Waals surface area contributed by atoms with Gasteiger partial charge in [-0.1, -0.05) is 12.8 Å². The van der Waals surface area contributed by atoms with Gasteiger partial charge in [-0.15, -0.1) is 0 Å². The fourth-order valence-corrected chi connectivity index (χ4v) is 3.72. The summed E-state index contributed by atoms with van der Waals surface area (Å²) in [5, 5.41) is 9.53. The molecule has 1 aromatic heterocycles.